The van der Waals surface area contributed by atoms with Crippen molar-refractivity contribution in [2.75, 3.05) is 18.0 Å². The maximum Gasteiger partial charge on any atom is 0.244 e. The first-order chi connectivity index (χ1) is 7.33. The number of nitrogens with two attached hydrogens (primary N) is 1. The van der Waals surface area contributed by atoms with Crippen LogP contribution in [0.5, 0.6) is 0 Å². The summed E-state index contributed by atoms with van der Waals surface area (Å²) in [5, 5.41) is 7.31. The van der Waals surface area contributed by atoms with Crippen LogP contribution in [0, 0.1) is 0 Å². The van der Waals surface area contributed by atoms with Gasteiger partial charge in [0.25, 0.3) is 0 Å². The molecule has 1 aromatic heterocycles. The summed E-state index contributed by atoms with van der Waals surface area (Å²) in [4.78, 5) is 6.73. The molecule has 82 valence electrons. The average Bonchev–Trinajstić information content (AvgIpc) is 2.97. The Morgan fingerprint density at radius 1 is 1.33 bits per heavy atom. The van der Waals surface area contributed by atoms with Crippen LogP contribution in [-0.2, 0) is 0 Å². The van der Waals surface area contributed by atoms with Gasteiger partial charge in [-0.1, -0.05) is 0 Å². The minimum atomic E-state index is 0.279. The van der Waals surface area contributed by atoms with Gasteiger partial charge < -0.3 is 10.6 Å². The van der Waals surface area contributed by atoms with E-state index in [1.165, 1.54) is 12.8 Å². The van der Waals surface area contributed by atoms with Crippen LogP contribution in [0.1, 0.15) is 37.4 Å². The lowest BCUT2D eigenvalue weighted by Gasteiger charge is -2.29. The van der Waals surface area contributed by atoms with Crippen molar-refractivity contribution in [3.63, 3.8) is 0 Å². The highest BCUT2D eigenvalue weighted by Gasteiger charge is 2.28. The van der Waals surface area contributed by atoms with Crippen molar-refractivity contribution in [2.24, 2.45) is 5.73 Å². The fourth-order valence-electron chi connectivity index (χ4n) is 2.14. The molecule has 0 spiro atoms. The van der Waals surface area contributed by atoms with Crippen molar-refractivity contribution in [3.8, 4) is 0 Å². The van der Waals surface area contributed by atoms with Crippen molar-refractivity contribution in [1.29, 1.82) is 0 Å². The molecule has 0 aromatic carbocycles. The standard InChI is InChI=1S/C10H17N5/c11-8-2-1-5-15(6-8)10-12-9(13-14-10)7-3-4-7/h7-8H,1-6,11H2,(H,12,13,14). The first kappa shape index (κ1) is 9.15. The van der Waals surface area contributed by atoms with Crippen molar-refractivity contribution in [3.05, 3.63) is 5.82 Å². The van der Waals surface area contributed by atoms with E-state index in [-0.39, 0.29) is 6.04 Å². The van der Waals surface area contributed by atoms with Gasteiger partial charge >= 0.3 is 0 Å². The highest BCUT2D eigenvalue weighted by Crippen LogP contribution is 2.38. The fourth-order valence-corrected chi connectivity index (χ4v) is 2.14. The summed E-state index contributed by atoms with van der Waals surface area (Å²) in [5.74, 6) is 2.54. The van der Waals surface area contributed by atoms with Gasteiger partial charge in [-0.3, -0.25) is 5.10 Å². The maximum absolute atomic E-state index is 5.93. The molecule has 0 amide bonds. The van der Waals surface area contributed by atoms with E-state index in [0.717, 1.165) is 37.7 Å². The van der Waals surface area contributed by atoms with Crippen molar-refractivity contribution < 1.29 is 0 Å². The number of rotatable bonds is 2. The first-order valence-corrected chi connectivity index (χ1v) is 5.76. The quantitative estimate of drug-likeness (QED) is 0.745. The Morgan fingerprint density at radius 3 is 2.93 bits per heavy atom. The largest absolute Gasteiger partial charge is 0.338 e. The van der Waals surface area contributed by atoms with Crippen molar-refractivity contribution in [1.82, 2.24) is 15.2 Å². The molecule has 15 heavy (non-hydrogen) atoms. The molecule has 1 aliphatic carbocycles. The van der Waals surface area contributed by atoms with Gasteiger partial charge in [0, 0.05) is 25.0 Å². The third-order valence-corrected chi connectivity index (χ3v) is 3.20. The fraction of sp³-hybridized carbons (Fsp3) is 0.800. The molecule has 1 aromatic rings. The van der Waals surface area contributed by atoms with E-state index >= 15 is 0 Å². The summed E-state index contributed by atoms with van der Waals surface area (Å²) in [6.07, 6.45) is 4.78. The number of aromatic amines is 1. The topological polar surface area (TPSA) is 70.8 Å². The summed E-state index contributed by atoms with van der Waals surface area (Å²) in [6, 6.07) is 0.279. The molecule has 1 saturated heterocycles. The van der Waals surface area contributed by atoms with E-state index in [0.29, 0.717) is 5.92 Å². The Morgan fingerprint density at radius 2 is 2.20 bits per heavy atom. The normalized spacial score (nSPS) is 27.0. The SMILES string of the molecule is NC1CCCN(c2n[nH]c(C3CC3)n2)C1. The predicted octanol–water partition coefficient (Wildman–Crippen LogP) is 0.610. The molecule has 3 N–H and O–H groups in total. The van der Waals surface area contributed by atoms with Crippen LogP contribution in [0.25, 0.3) is 0 Å². The second-order valence-electron chi connectivity index (χ2n) is 4.64. The van der Waals surface area contributed by atoms with Gasteiger partial charge in [0.05, 0.1) is 0 Å². The lowest BCUT2D eigenvalue weighted by molar-refractivity contribution is 0.500. The third kappa shape index (κ3) is 1.84. The van der Waals surface area contributed by atoms with Crippen LogP contribution < -0.4 is 10.6 Å². The monoisotopic (exact) mass is 207 g/mol. The molecule has 5 nitrogen and oxygen atoms in total. The number of nitrogens with zero attached hydrogens (tertiary/aromatic N) is 3. The smallest absolute Gasteiger partial charge is 0.244 e. The second-order valence-corrected chi connectivity index (χ2v) is 4.64. The lowest BCUT2D eigenvalue weighted by atomic mass is 10.1. The molecule has 0 radical (unpaired) electrons. The second kappa shape index (κ2) is 3.48. The Kier molecular flexibility index (Phi) is 2.12. The van der Waals surface area contributed by atoms with Crippen LogP contribution in [0.4, 0.5) is 5.95 Å². The van der Waals surface area contributed by atoms with Gasteiger partial charge in [-0.05, 0) is 25.7 Å². The summed E-state index contributed by atoms with van der Waals surface area (Å²) in [7, 11) is 0. The van der Waals surface area contributed by atoms with Crippen LogP contribution >= 0.6 is 0 Å². The molecule has 1 unspecified atom stereocenters. The third-order valence-electron chi connectivity index (χ3n) is 3.20. The van der Waals surface area contributed by atoms with Crippen LogP contribution in [0.15, 0.2) is 0 Å². The molecular weight excluding hydrogens is 190 g/mol. The predicted molar refractivity (Wildman–Crippen MR) is 57.8 cm³/mol. The highest BCUT2D eigenvalue weighted by atomic mass is 15.4. The molecule has 0 bridgehead atoms. The van der Waals surface area contributed by atoms with E-state index in [1.54, 1.807) is 0 Å². The Labute approximate surface area is 89.1 Å². The maximum atomic E-state index is 5.93. The molecule has 1 atom stereocenters. The van der Waals surface area contributed by atoms with Crippen molar-refractivity contribution >= 4 is 5.95 Å². The minimum Gasteiger partial charge on any atom is -0.338 e. The number of anilines is 1. The average molecular weight is 207 g/mol. The van der Waals surface area contributed by atoms with Gasteiger partial charge in [-0.25, -0.2) is 0 Å². The van der Waals surface area contributed by atoms with Crippen LogP contribution in [0.3, 0.4) is 0 Å². The molecule has 1 aliphatic heterocycles. The number of piperidine rings is 1. The summed E-state index contributed by atoms with van der Waals surface area (Å²) in [6.45, 7) is 1.93. The van der Waals surface area contributed by atoms with Crippen LogP contribution in [0.2, 0.25) is 0 Å². The molecule has 2 heterocycles. The number of hydrogen-bond donors (Lipinski definition) is 2. The summed E-state index contributed by atoms with van der Waals surface area (Å²) in [5.41, 5.74) is 5.93. The summed E-state index contributed by atoms with van der Waals surface area (Å²) >= 11 is 0. The van der Waals surface area contributed by atoms with Gasteiger partial charge in [-0.2, -0.15) is 4.98 Å². The van der Waals surface area contributed by atoms with Gasteiger partial charge in [-0.15, -0.1) is 5.10 Å². The van der Waals surface area contributed by atoms with Crippen molar-refractivity contribution in [2.45, 2.75) is 37.6 Å². The molecule has 1 saturated carbocycles. The molecular formula is C10H17N5. The van der Waals surface area contributed by atoms with Crippen LogP contribution in [-0.4, -0.2) is 34.3 Å². The van der Waals surface area contributed by atoms with Gasteiger partial charge in [0.2, 0.25) is 5.95 Å². The van der Waals surface area contributed by atoms with E-state index in [1.807, 2.05) is 0 Å². The van der Waals surface area contributed by atoms with E-state index in [4.69, 9.17) is 5.73 Å². The molecule has 2 fully saturated rings. The number of H-pyrrole nitrogens is 1. The molecule has 3 rings (SSSR count). The Balaban J connectivity index is 1.73. The van der Waals surface area contributed by atoms with E-state index in [9.17, 15) is 0 Å². The molecule has 2 aliphatic rings. The zero-order valence-electron chi connectivity index (χ0n) is 8.82. The highest BCUT2D eigenvalue weighted by molar-refractivity contribution is 5.31. The zero-order chi connectivity index (χ0) is 10.3. The lowest BCUT2D eigenvalue weighted by Crippen LogP contribution is -2.43. The van der Waals surface area contributed by atoms with E-state index in [2.05, 4.69) is 20.1 Å². The minimum absolute atomic E-state index is 0.279. The number of nitrogens with one attached hydrogen (secondary N) is 1. The van der Waals surface area contributed by atoms with Gasteiger partial charge in [0.15, 0.2) is 0 Å². The Hall–Kier alpha value is -1.10. The zero-order valence-corrected chi connectivity index (χ0v) is 8.82. The summed E-state index contributed by atoms with van der Waals surface area (Å²) < 4.78 is 0. The van der Waals surface area contributed by atoms with Gasteiger partial charge in [0.1, 0.15) is 5.82 Å². The van der Waals surface area contributed by atoms with E-state index < -0.39 is 0 Å². The molecule has 5 heteroatoms. The Bertz CT molecular complexity index is 343. The number of aromatic nitrogens is 3. The number of hydrogen-bond acceptors (Lipinski definition) is 4. The first-order valence-electron chi connectivity index (χ1n) is 5.76.